The fourth-order valence-electron chi connectivity index (χ4n) is 7.56. The number of unbranched alkanes of at least 4 members (excludes halogenated alkanes) is 30. The van der Waals surface area contributed by atoms with E-state index in [-0.39, 0.29) is 0 Å². The Morgan fingerprint density at radius 2 is 0.431 bits per heavy atom. The maximum Gasteiger partial charge on any atom is -0.0326 e. The molecule has 0 aliphatic carbocycles. The molecule has 0 amide bonds. The van der Waals surface area contributed by atoms with Crippen LogP contribution in [-0.2, 0) is 0 Å². The van der Waals surface area contributed by atoms with Gasteiger partial charge in [-0.1, -0.05) is 117 Å². The molecule has 0 radical (unpaired) electrons. The SMILES string of the molecule is CCCCCCCCP(=[Se])(CCCCCCCC)CCCCCCCC.CCCCCCCCP(CCCCCCCC)CCCCCCCC. The maximum atomic E-state index is 3.81. The number of rotatable bonds is 42. The Kier molecular flexibility index (Phi) is 50.8. The van der Waals surface area contributed by atoms with Gasteiger partial charge in [-0.25, -0.2) is 0 Å². The summed E-state index contributed by atoms with van der Waals surface area (Å²) >= 11 is 3.81. The average molecular weight is 820 g/mol. The Bertz CT molecular complexity index is 564. The van der Waals surface area contributed by atoms with Gasteiger partial charge < -0.3 is 0 Å². The second-order valence-corrected chi connectivity index (χ2v) is 27.7. The van der Waals surface area contributed by atoms with Crippen LogP contribution < -0.4 is 0 Å². The predicted molar refractivity (Wildman–Crippen MR) is 249 cm³/mol. The summed E-state index contributed by atoms with van der Waals surface area (Å²) in [5, 5.41) is 0. The van der Waals surface area contributed by atoms with E-state index in [0.717, 1.165) is 0 Å². The van der Waals surface area contributed by atoms with E-state index in [1.165, 1.54) is 231 Å². The van der Waals surface area contributed by atoms with Crippen molar-refractivity contribution >= 4 is 28.5 Å². The molecule has 0 aliphatic rings. The van der Waals surface area contributed by atoms with Gasteiger partial charge in [0.15, 0.2) is 0 Å². The molecule has 0 unspecified atom stereocenters. The molecule has 0 aromatic heterocycles. The second-order valence-electron chi connectivity index (χ2n) is 16.7. The van der Waals surface area contributed by atoms with Crippen molar-refractivity contribution in [3.05, 3.63) is 0 Å². The Balaban J connectivity index is 0. The van der Waals surface area contributed by atoms with E-state index in [0.29, 0.717) is 7.92 Å². The van der Waals surface area contributed by atoms with Crippen LogP contribution in [0.2, 0.25) is 0 Å². The quantitative estimate of drug-likeness (QED) is 0.0327. The van der Waals surface area contributed by atoms with Crippen molar-refractivity contribution < 1.29 is 0 Å². The minimum atomic E-state index is -0.761. The van der Waals surface area contributed by atoms with Crippen LogP contribution in [0.5, 0.6) is 0 Å². The molecule has 0 aliphatic heterocycles. The van der Waals surface area contributed by atoms with Gasteiger partial charge in [0.2, 0.25) is 0 Å². The van der Waals surface area contributed by atoms with Crippen LogP contribution in [-0.4, -0.2) is 52.1 Å². The second kappa shape index (κ2) is 47.5. The zero-order valence-electron chi connectivity index (χ0n) is 37.0. The summed E-state index contributed by atoms with van der Waals surface area (Å²) < 4.78 is 0. The van der Waals surface area contributed by atoms with Crippen molar-refractivity contribution in [1.82, 2.24) is 0 Å². The molecule has 0 nitrogen and oxygen atoms in total. The molecule has 0 aromatic carbocycles. The molecule has 0 fully saturated rings. The Hall–Kier alpha value is 1.38. The van der Waals surface area contributed by atoms with Gasteiger partial charge in [0, 0.05) is 0 Å². The van der Waals surface area contributed by atoms with Crippen molar-refractivity contribution in [3.63, 3.8) is 0 Å². The monoisotopic (exact) mass is 821 g/mol. The van der Waals surface area contributed by atoms with Crippen molar-refractivity contribution in [2.45, 2.75) is 273 Å². The third-order valence-electron chi connectivity index (χ3n) is 11.2. The first-order valence-electron chi connectivity index (χ1n) is 24.3. The summed E-state index contributed by atoms with van der Waals surface area (Å²) in [4.78, 5) is 0. The van der Waals surface area contributed by atoms with Crippen LogP contribution in [0.25, 0.3) is 0 Å². The average Bonchev–Trinajstić information content (AvgIpc) is 3.13. The molecule has 0 aromatic rings. The van der Waals surface area contributed by atoms with Crippen LogP contribution in [0.15, 0.2) is 0 Å². The third-order valence-corrected chi connectivity index (χ3v) is 20.9. The molecule has 3 heteroatoms. The fourth-order valence-corrected chi connectivity index (χ4v) is 15.8. The molecule has 0 atom stereocenters. The van der Waals surface area contributed by atoms with Crippen LogP contribution in [0, 0.1) is 0 Å². The number of hydrogen-bond acceptors (Lipinski definition) is 0. The maximum absolute atomic E-state index is 3.81. The van der Waals surface area contributed by atoms with Crippen LogP contribution >= 0.6 is 13.4 Å². The predicted octanol–water partition coefficient (Wildman–Crippen LogP) is 18.7. The van der Waals surface area contributed by atoms with Crippen LogP contribution in [0.1, 0.15) is 273 Å². The molecule has 0 rings (SSSR count). The van der Waals surface area contributed by atoms with Gasteiger partial charge in [0.25, 0.3) is 0 Å². The third kappa shape index (κ3) is 45.7. The molecule has 0 spiro atoms. The molecular weight excluding hydrogens is 717 g/mol. The summed E-state index contributed by atoms with van der Waals surface area (Å²) in [6, 6.07) is 0. The molecule has 0 saturated heterocycles. The number of hydrogen-bond donors (Lipinski definition) is 0. The molecule has 0 N–H and O–H groups in total. The first kappa shape index (κ1) is 54.5. The van der Waals surface area contributed by atoms with E-state index in [1.54, 1.807) is 37.0 Å². The van der Waals surface area contributed by atoms with Crippen molar-refractivity contribution in [2.75, 3.05) is 37.0 Å². The fraction of sp³-hybridized carbons (Fsp3) is 1.00. The molecular formula is C48H102P2Se. The molecule has 310 valence electrons. The van der Waals surface area contributed by atoms with E-state index < -0.39 is 5.51 Å². The Morgan fingerprint density at radius 3 is 0.647 bits per heavy atom. The zero-order chi connectivity index (χ0) is 37.8. The van der Waals surface area contributed by atoms with E-state index in [4.69, 9.17) is 0 Å². The van der Waals surface area contributed by atoms with Gasteiger partial charge in [0.05, 0.1) is 0 Å². The van der Waals surface area contributed by atoms with Crippen molar-refractivity contribution in [2.24, 2.45) is 0 Å². The first-order valence-corrected chi connectivity index (χ1v) is 30.8. The zero-order valence-corrected chi connectivity index (χ0v) is 40.5. The van der Waals surface area contributed by atoms with Gasteiger partial charge in [0.1, 0.15) is 0 Å². The van der Waals surface area contributed by atoms with Crippen LogP contribution in [0.3, 0.4) is 0 Å². The summed E-state index contributed by atoms with van der Waals surface area (Å²) in [6.45, 7) is 13.9. The smallest absolute Gasteiger partial charge is 0.0326 e. The summed E-state index contributed by atoms with van der Waals surface area (Å²) in [6.07, 6.45) is 62.1. The molecule has 0 bridgehead atoms. The van der Waals surface area contributed by atoms with E-state index in [2.05, 4.69) is 56.6 Å². The normalized spacial score (nSPS) is 11.7. The van der Waals surface area contributed by atoms with Gasteiger partial charge in [-0.15, -0.1) is 7.92 Å². The topological polar surface area (TPSA) is 0 Å². The van der Waals surface area contributed by atoms with Gasteiger partial charge in [-0.3, -0.25) is 0 Å². The van der Waals surface area contributed by atoms with E-state index in [1.807, 2.05) is 0 Å². The molecule has 0 saturated carbocycles. The Labute approximate surface area is 336 Å². The summed E-state index contributed by atoms with van der Waals surface area (Å²) in [5.74, 6) is 0. The molecule has 0 heterocycles. The Morgan fingerprint density at radius 1 is 0.255 bits per heavy atom. The minimum Gasteiger partial charge on any atom is -0.107 e. The standard InChI is InChI=1S/C24H51PSe.C24H51P/c1-4-7-10-13-16-19-22-25(26,23-20-17-14-11-8-5-2)24-21-18-15-12-9-6-3;1-4-7-10-13-16-19-22-25(23-20-17-14-11-8-5-2)24-21-18-15-12-9-6-3/h4-24H2,1-3H3;4-24H2,1-3H3. The van der Waals surface area contributed by atoms with Gasteiger partial charge >= 0.3 is 175 Å². The van der Waals surface area contributed by atoms with E-state index in [9.17, 15) is 0 Å². The van der Waals surface area contributed by atoms with Gasteiger partial charge in [-0.05, 0) is 37.7 Å². The van der Waals surface area contributed by atoms with Gasteiger partial charge in [-0.2, -0.15) is 0 Å². The minimum absolute atomic E-state index is 0.366. The first-order chi connectivity index (χ1) is 25.0. The van der Waals surface area contributed by atoms with E-state index >= 15 is 0 Å². The largest absolute Gasteiger partial charge is 0.107 e. The molecule has 51 heavy (non-hydrogen) atoms. The summed E-state index contributed by atoms with van der Waals surface area (Å²) in [7, 11) is 0.366. The van der Waals surface area contributed by atoms with Crippen molar-refractivity contribution in [3.8, 4) is 0 Å². The van der Waals surface area contributed by atoms with Crippen LogP contribution in [0.4, 0.5) is 0 Å². The van der Waals surface area contributed by atoms with Crippen molar-refractivity contribution in [1.29, 1.82) is 0 Å². The summed E-state index contributed by atoms with van der Waals surface area (Å²) in [5.41, 5.74) is -0.761.